The highest BCUT2D eigenvalue weighted by atomic mass is 16.1. The fourth-order valence-electron chi connectivity index (χ4n) is 3.51. The standard InChI is InChI=1S/C17H20O/c1-10-7-14-13-6-5-12(11(2)18)8-16(13)17(3,4)9-15(10)14/h5-8,10,15H,9H2,1-4H3. The van der Waals surface area contributed by atoms with Crippen LogP contribution in [0.2, 0.25) is 0 Å². The molecule has 0 aromatic heterocycles. The summed E-state index contributed by atoms with van der Waals surface area (Å²) in [6.45, 7) is 8.55. The van der Waals surface area contributed by atoms with Crippen molar-refractivity contribution in [1.29, 1.82) is 0 Å². The van der Waals surface area contributed by atoms with Crippen LogP contribution in [0.15, 0.2) is 24.3 Å². The van der Waals surface area contributed by atoms with Crippen molar-refractivity contribution in [2.45, 2.75) is 39.5 Å². The molecule has 0 spiro atoms. The monoisotopic (exact) mass is 240 g/mol. The average Bonchev–Trinajstić information content (AvgIpc) is 2.31. The highest BCUT2D eigenvalue weighted by Gasteiger charge is 2.42. The number of rotatable bonds is 1. The van der Waals surface area contributed by atoms with Crippen LogP contribution in [0.4, 0.5) is 0 Å². The summed E-state index contributed by atoms with van der Waals surface area (Å²) in [4.78, 5) is 11.5. The molecular weight excluding hydrogens is 220 g/mol. The molecule has 0 aliphatic heterocycles. The SMILES string of the molecule is CC(=O)c1ccc2c(c1)C(C)(C)CC1C2=CC1C. The molecule has 2 aliphatic carbocycles. The van der Waals surface area contributed by atoms with Crippen LogP contribution in [0.5, 0.6) is 0 Å². The van der Waals surface area contributed by atoms with Crippen LogP contribution in [0, 0.1) is 11.8 Å². The molecule has 0 saturated carbocycles. The molecule has 0 fully saturated rings. The molecule has 18 heavy (non-hydrogen) atoms. The van der Waals surface area contributed by atoms with E-state index in [1.165, 1.54) is 23.1 Å². The van der Waals surface area contributed by atoms with Crippen molar-refractivity contribution in [2.75, 3.05) is 0 Å². The Kier molecular flexibility index (Phi) is 2.32. The predicted octanol–water partition coefficient (Wildman–Crippen LogP) is 4.22. The van der Waals surface area contributed by atoms with E-state index in [0.717, 1.165) is 11.5 Å². The van der Waals surface area contributed by atoms with Crippen molar-refractivity contribution < 1.29 is 4.79 Å². The molecule has 1 nitrogen and oxygen atoms in total. The van der Waals surface area contributed by atoms with Gasteiger partial charge in [0.25, 0.3) is 0 Å². The summed E-state index contributed by atoms with van der Waals surface area (Å²) in [5.41, 5.74) is 5.25. The lowest BCUT2D eigenvalue weighted by Crippen LogP contribution is -2.36. The van der Waals surface area contributed by atoms with Crippen LogP contribution >= 0.6 is 0 Å². The summed E-state index contributed by atoms with van der Waals surface area (Å²) in [6.07, 6.45) is 3.58. The van der Waals surface area contributed by atoms with Crippen molar-refractivity contribution in [2.24, 2.45) is 11.8 Å². The van der Waals surface area contributed by atoms with Crippen LogP contribution in [0.1, 0.15) is 55.6 Å². The largest absolute Gasteiger partial charge is 0.295 e. The smallest absolute Gasteiger partial charge is 0.159 e. The van der Waals surface area contributed by atoms with Crippen LogP contribution in [0.3, 0.4) is 0 Å². The summed E-state index contributed by atoms with van der Waals surface area (Å²) in [6, 6.07) is 6.23. The first-order valence-corrected chi connectivity index (χ1v) is 6.78. The third-order valence-corrected chi connectivity index (χ3v) is 4.67. The molecule has 0 saturated heterocycles. The molecule has 1 heteroatoms. The van der Waals surface area contributed by atoms with Gasteiger partial charge in [-0.05, 0) is 53.4 Å². The normalized spacial score (nSPS) is 27.7. The summed E-state index contributed by atoms with van der Waals surface area (Å²) in [5, 5.41) is 0. The van der Waals surface area contributed by atoms with E-state index in [2.05, 4.69) is 39.0 Å². The molecule has 0 amide bonds. The van der Waals surface area contributed by atoms with E-state index in [1.54, 1.807) is 6.92 Å². The van der Waals surface area contributed by atoms with Crippen LogP contribution in [-0.4, -0.2) is 5.78 Å². The van der Waals surface area contributed by atoms with Crippen molar-refractivity contribution >= 4 is 11.4 Å². The number of benzene rings is 1. The Labute approximate surface area is 109 Å². The Hall–Kier alpha value is -1.37. The molecule has 2 aliphatic rings. The summed E-state index contributed by atoms with van der Waals surface area (Å²) in [7, 11) is 0. The second kappa shape index (κ2) is 3.57. The van der Waals surface area contributed by atoms with Gasteiger partial charge in [-0.3, -0.25) is 4.79 Å². The Balaban J connectivity index is 2.18. The van der Waals surface area contributed by atoms with Gasteiger partial charge >= 0.3 is 0 Å². The van der Waals surface area contributed by atoms with Crippen molar-refractivity contribution in [3.05, 3.63) is 41.0 Å². The number of carbonyl (C=O) groups excluding carboxylic acids is 1. The molecule has 0 radical (unpaired) electrons. The highest BCUT2D eigenvalue weighted by molar-refractivity contribution is 5.95. The molecule has 1 aromatic rings. The van der Waals surface area contributed by atoms with Crippen LogP contribution in [0.25, 0.3) is 5.57 Å². The quantitative estimate of drug-likeness (QED) is 0.672. The zero-order valence-corrected chi connectivity index (χ0v) is 11.6. The Bertz CT molecular complexity index is 563. The minimum Gasteiger partial charge on any atom is -0.295 e. The first-order valence-electron chi connectivity index (χ1n) is 6.78. The molecule has 2 atom stereocenters. The van der Waals surface area contributed by atoms with Gasteiger partial charge in [0.2, 0.25) is 0 Å². The number of hydrogen-bond acceptors (Lipinski definition) is 1. The van der Waals surface area contributed by atoms with Crippen molar-refractivity contribution in [3.8, 4) is 0 Å². The maximum Gasteiger partial charge on any atom is 0.159 e. The van der Waals surface area contributed by atoms with Crippen molar-refractivity contribution in [1.82, 2.24) is 0 Å². The highest BCUT2D eigenvalue weighted by Crippen LogP contribution is 2.53. The first kappa shape index (κ1) is 11.7. The Morgan fingerprint density at radius 2 is 2.06 bits per heavy atom. The lowest BCUT2D eigenvalue weighted by atomic mass is 9.58. The fourth-order valence-corrected chi connectivity index (χ4v) is 3.51. The number of fused-ring (bicyclic) bond motifs is 3. The maximum atomic E-state index is 11.5. The summed E-state index contributed by atoms with van der Waals surface area (Å²) < 4.78 is 0. The van der Waals surface area contributed by atoms with Gasteiger partial charge in [0.05, 0.1) is 0 Å². The zero-order valence-electron chi connectivity index (χ0n) is 11.6. The molecule has 0 bridgehead atoms. The van der Waals surface area contributed by atoms with E-state index >= 15 is 0 Å². The van der Waals surface area contributed by atoms with Gasteiger partial charge in [-0.2, -0.15) is 0 Å². The molecule has 0 heterocycles. The number of hydrogen-bond donors (Lipinski definition) is 0. The number of ketones is 1. The lowest BCUT2D eigenvalue weighted by molar-refractivity contribution is 0.101. The van der Waals surface area contributed by atoms with E-state index in [9.17, 15) is 4.79 Å². The zero-order chi connectivity index (χ0) is 13.1. The molecule has 3 rings (SSSR count). The van der Waals surface area contributed by atoms with Gasteiger partial charge in [-0.25, -0.2) is 0 Å². The van der Waals surface area contributed by atoms with Gasteiger partial charge in [-0.15, -0.1) is 0 Å². The number of Topliss-reactive ketones (excluding diaryl/α,β-unsaturated/α-hetero) is 1. The molecule has 94 valence electrons. The first-order chi connectivity index (χ1) is 8.40. The van der Waals surface area contributed by atoms with Gasteiger partial charge in [0, 0.05) is 5.56 Å². The third kappa shape index (κ3) is 1.50. The van der Waals surface area contributed by atoms with Crippen LogP contribution < -0.4 is 0 Å². The van der Waals surface area contributed by atoms with E-state index in [-0.39, 0.29) is 11.2 Å². The number of carbonyl (C=O) groups is 1. The van der Waals surface area contributed by atoms with E-state index in [4.69, 9.17) is 0 Å². The minimum absolute atomic E-state index is 0.159. The van der Waals surface area contributed by atoms with Gasteiger partial charge in [0.15, 0.2) is 5.78 Å². The average molecular weight is 240 g/mol. The second-order valence-corrected chi connectivity index (χ2v) is 6.49. The second-order valence-electron chi connectivity index (χ2n) is 6.49. The lowest BCUT2D eigenvalue weighted by Gasteiger charge is -2.46. The van der Waals surface area contributed by atoms with Gasteiger partial charge < -0.3 is 0 Å². The summed E-state index contributed by atoms with van der Waals surface area (Å²) >= 11 is 0. The van der Waals surface area contributed by atoms with E-state index < -0.39 is 0 Å². The van der Waals surface area contributed by atoms with E-state index in [0.29, 0.717) is 5.92 Å². The summed E-state index contributed by atoms with van der Waals surface area (Å²) in [5.74, 6) is 1.59. The molecular formula is C17H20O. The van der Waals surface area contributed by atoms with Crippen molar-refractivity contribution in [3.63, 3.8) is 0 Å². The van der Waals surface area contributed by atoms with Gasteiger partial charge in [0.1, 0.15) is 0 Å². The maximum absolute atomic E-state index is 11.5. The topological polar surface area (TPSA) is 17.1 Å². The van der Waals surface area contributed by atoms with E-state index in [1.807, 2.05) is 6.07 Å². The molecule has 0 N–H and O–H groups in total. The molecule has 1 aromatic carbocycles. The third-order valence-electron chi connectivity index (χ3n) is 4.67. The fraction of sp³-hybridized carbons (Fsp3) is 0.471. The van der Waals surface area contributed by atoms with Gasteiger partial charge in [-0.1, -0.05) is 39.0 Å². The predicted molar refractivity (Wildman–Crippen MR) is 74.7 cm³/mol. The number of allylic oxidation sites excluding steroid dienone is 2. The van der Waals surface area contributed by atoms with Crippen LogP contribution in [-0.2, 0) is 5.41 Å². The minimum atomic E-state index is 0.159. The molecule has 2 unspecified atom stereocenters. The Morgan fingerprint density at radius 3 is 2.67 bits per heavy atom. The Morgan fingerprint density at radius 1 is 1.33 bits per heavy atom.